The second-order valence-corrected chi connectivity index (χ2v) is 34.0. The van der Waals surface area contributed by atoms with Gasteiger partial charge in [0, 0.05) is 62.7 Å². The number of nitrogens with one attached hydrogen (secondary N) is 8. The van der Waals surface area contributed by atoms with Crippen LogP contribution in [-0.4, -0.2) is 197 Å². The van der Waals surface area contributed by atoms with Gasteiger partial charge in [-0.15, -0.1) is 10.2 Å². The molecule has 2 aromatic heterocycles. The monoisotopic (exact) mass is 1660 g/mol. The Morgan fingerprint density at radius 1 is 0.459 bits per heavy atom. The molecule has 30 heteroatoms. The number of fused-ring (bicyclic) bond motifs is 2. The predicted molar refractivity (Wildman–Crippen MR) is 456 cm³/mol. The molecule has 9 aliphatic rings. The molecule has 0 saturated carbocycles. The molecule has 11 heterocycles. The molecule has 9 aliphatic heterocycles. The molecule has 16 bridgehead atoms. The highest BCUT2D eigenvalue weighted by atomic mass is 16.5. The van der Waals surface area contributed by atoms with Gasteiger partial charge in [0.2, 0.25) is 47.3 Å². The zero-order valence-electron chi connectivity index (χ0n) is 69.8. The molecular weight excluding hydrogens is 1550 g/mol. The summed E-state index contributed by atoms with van der Waals surface area (Å²) in [5, 5.41) is 66.4. The highest BCUT2D eigenvalue weighted by molar-refractivity contribution is 5.99. The van der Waals surface area contributed by atoms with E-state index in [2.05, 4.69) is 63.2 Å². The van der Waals surface area contributed by atoms with E-state index in [0.29, 0.717) is 56.3 Å². The Morgan fingerprint density at radius 3 is 1.16 bits per heavy atom. The Bertz CT molecular complexity index is 5150. The van der Waals surface area contributed by atoms with Crippen LogP contribution in [-0.2, 0) is 86.8 Å². The van der Waals surface area contributed by atoms with Gasteiger partial charge in [0.25, 0.3) is 0 Å². The summed E-state index contributed by atoms with van der Waals surface area (Å²) in [4.78, 5) is 148. The molecule has 19 rings (SSSR count). The van der Waals surface area contributed by atoms with Gasteiger partial charge in [-0.3, -0.25) is 38.4 Å². The SMILES string of the molecule is CN[C@@H](C)C(=O)N[C@H](C(=O)N1C[C@@H]2C[C@H]1C(=O)N[C@@H](Cc1ccc3ccccc3c1)C(=O)N[C@H](C(=O)O)Cc1ccc(cc1)OCc1ccc(cc1)-c1cn(nn1)[C@H]1C[C@@H](C(=O)N[C@@H](Cc3ccc4ccccc4c3)C(=O)N[C@H](C(=O)O)Cc3ccc(cc3)OCc3ccc(cc3)-c3cn2nn3)N(C(=O)[C@@H](NC(=O)[C@H](C)NC)C(C)(C)C)C1)C(C)(C)C. The summed E-state index contributed by atoms with van der Waals surface area (Å²) in [6.45, 7) is 14.3. The number of amides is 8. The molecule has 0 aliphatic carbocycles. The highest BCUT2D eigenvalue weighted by Crippen LogP contribution is 2.36. The minimum absolute atomic E-state index is 0.00660. The number of aromatic nitrogens is 6. The molecule has 30 nitrogen and oxygen atoms in total. The number of nitrogens with zero attached hydrogens (tertiary/aromatic N) is 8. The lowest BCUT2D eigenvalue weighted by Crippen LogP contribution is -2.60. The van der Waals surface area contributed by atoms with Crippen molar-refractivity contribution in [3.05, 3.63) is 228 Å². The largest absolute Gasteiger partial charge is 0.489 e. The van der Waals surface area contributed by atoms with Gasteiger partial charge >= 0.3 is 11.9 Å². The summed E-state index contributed by atoms with van der Waals surface area (Å²) < 4.78 is 15.6. The maximum absolute atomic E-state index is 15.4. The molecule has 10 N–H and O–H groups in total. The maximum Gasteiger partial charge on any atom is 0.326 e. The van der Waals surface area contributed by atoms with E-state index in [9.17, 15) is 39.0 Å². The second kappa shape index (κ2) is 37.6. The third kappa shape index (κ3) is 21.0. The van der Waals surface area contributed by atoms with Crippen LogP contribution in [0.25, 0.3) is 44.1 Å². The number of likely N-dealkylation sites (N-methyl/N-ethyl adjacent to an activating group) is 2. The van der Waals surface area contributed by atoms with Crippen molar-refractivity contribution in [3.63, 3.8) is 0 Å². The van der Waals surface area contributed by atoms with Gasteiger partial charge in [0.1, 0.15) is 84.4 Å². The van der Waals surface area contributed by atoms with E-state index >= 15 is 19.2 Å². The van der Waals surface area contributed by atoms with Gasteiger partial charge in [-0.25, -0.2) is 19.0 Å². The van der Waals surface area contributed by atoms with Crippen LogP contribution >= 0.6 is 0 Å². The zero-order chi connectivity index (χ0) is 86.8. The van der Waals surface area contributed by atoms with Crippen molar-refractivity contribution in [2.75, 3.05) is 27.2 Å². The fraction of sp³-hybridized carbons (Fsp3) is 0.370. The van der Waals surface area contributed by atoms with Crippen molar-refractivity contribution in [2.24, 2.45) is 10.8 Å². The molecule has 122 heavy (non-hydrogen) atoms. The van der Waals surface area contributed by atoms with E-state index in [1.807, 2.05) is 133 Å². The summed E-state index contributed by atoms with van der Waals surface area (Å²) in [5.74, 6) is -6.77. The Balaban J connectivity index is 0.806. The second-order valence-electron chi connectivity index (χ2n) is 34.0. The first-order chi connectivity index (χ1) is 58.3. The Hall–Kier alpha value is -13.2. The number of hydrogen-bond donors (Lipinski definition) is 10. The van der Waals surface area contributed by atoms with E-state index in [1.54, 1.807) is 140 Å². The average molecular weight is 1660 g/mol. The van der Waals surface area contributed by atoms with Crippen LogP contribution in [0.1, 0.15) is 114 Å². The number of benzene rings is 8. The molecule has 2 fully saturated rings. The van der Waals surface area contributed by atoms with Gasteiger partial charge in [0.15, 0.2) is 0 Å². The highest BCUT2D eigenvalue weighted by Gasteiger charge is 2.49. The number of hydrogen-bond acceptors (Lipinski definition) is 18. The van der Waals surface area contributed by atoms with Crippen molar-refractivity contribution in [3.8, 4) is 34.0 Å². The Kier molecular flexibility index (Phi) is 26.7. The predicted octanol–water partition coefficient (Wildman–Crippen LogP) is 7.62. The first-order valence-electron chi connectivity index (χ1n) is 41.0. The topological polar surface area (TPSA) is 394 Å². The number of ether oxygens (including phenoxy) is 2. The molecule has 0 unspecified atom stereocenters. The number of carboxylic acids is 2. The molecule has 0 spiro atoms. The van der Waals surface area contributed by atoms with Crippen molar-refractivity contribution >= 4 is 80.7 Å². The summed E-state index contributed by atoms with van der Waals surface area (Å²) >= 11 is 0. The third-order valence-electron chi connectivity index (χ3n) is 23.0. The normalized spacial score (nSPS) is 20.6. The first-order valence-corrected chi connectivity index (χ1v) is 41.0. The quantitative estimate of drug-likeness (QED) is 0.0500. The lowest BCUT2D eigenvalue weighted by molar-refractivity contribution is -0.145. The summed E-state index contributed by atoms with van der Waals surface area (Å²) in [6, 6.07) is 41.7. The van der Waals surface area contributed by atoms with Crippen LogP contribution in [0.4, 0.5) is 0 Å². The zero-order valence-corrected chi connectivity index (χ0v) is 69.8. The number of carboxylic acid groups (broad SMARTS) is 2. The van der Waals surface area contributed by atoms with E-state index < -0.39 is 143 Å². The summed E-state index contributed by atoms with van der Waals surface area (Å²) in [7, 11) is 3.25. The summed E-state index contributed by atoms with van der Waals surface area (Å²) in [5.41, 5.74) is 4.46. The fourth-order valence-corrected chi connectivity index (χ4v) is 15.5. The average Bonchev–Trinajstić information content (AvgIpc) is 1.62. The van der Waals surface area contributed by atoms with E-state index in [4.69, 9.17) is 9.47 Å². The Labute approximate surface area is 706 Å². The van der Waals surface area contributed by atoms with Crippen molar-refractivity contribution < 1.29 is 67.6 Å². The standard InChI is InChI=1S/C92H104N16O14/c1-53(93-9)81(109)99-79(91(3,4)5)87(115)105-47-67-45-77(105)85(113)95-71(43-59-23-29-61-15-11-13-17-65(61)39-59)83(111)97-73(89(117)118)41-55-25-35-69(36-26-55)122-52-58-21-33-64(34-22-58)76-50-108(104-102-76)68-46-78(106(48-68)88(116)80(92(6,7)8)100-82(110)54(2)94-10)86(114)96-72(44-60-24-30-62-16-12-14-18-66(62)40-60)84(112)98-74(90(119)120)42-56-27-37-70(38-28-56)121-51-57-19-31-63(32-20-57)75-49-107(67)103-101-75/h11-40,49-50,53-54,67-68,71-74,77-80,93-94H,41-48,51-52H2,1-10H3,(H,95,113)(H,96,114)(H,97,111)(H,98,112)(H,99,109)(H,100,110)(H,117,118)(H,119,120)/t53-,54-,67-,68-,71-,72-,73-,74-,77-,78-,79+,80+/m0/s1. The van der Waals surface area contributed by atoms with Gasteiger partial charge < -0.3 is 72.0 Å². The number of likely N-dealkylation sites (tertiary alicyclic amines) is 2. The van der Waals surface area contributed by atoms with E-state index in [-0.39, 0.29) is 64.8 Å². The maximum atomic E-state index is 15.4. The van der Waals surface area contributed by atoms with Crippen LogP contribution in [0.5, 0.6) is 11.5 Å². The van der Waals surface area contributed by atoms with Crippen molar-refractivity contribution in [2.45, 2.75) is 180 Å². The lowest BCUT2D eigenvalue weighted by atomic mass is 9.85. The number of rotatable bonds is 14. The first kappa shape index (κ1) is 86.6. The van der Waals surface area contributed by atoms with Crippen LogP contribution in [0.3, 0.4) is 0 Å². The smallest absolute Gasteiger partial charge is 0.326 e. The molecule has 8 aromatic carbocycles. The molecular formula is C92H104N16O14. The number of carbonyl (C=O) groups excluding carboxylic acids is 8. The number of carbonyl (C=O) groups is 10. The molecule has 0 radical (unpaired) electrons. The van der Waals surface area contributed by atoms with Gasteiger partial charge in [0.05, 0.1) is 36.6 Å². The van der Waals surface area contributed by atoms with Crippen molar-refractivity contribution in [1.82, 2.24) is 82.3 Å². The Morgan fingerprint density at radius 2 is 0.811 bits per heavy atom. The summed E-state index contributed by atoms with van der Waals surface area (Å²) in [6.07, 6.45) is 2.92. The van der Waals surface area contributed by atoms with Crippen LogP contribution < -0.4 is 52.0 Å². The lowest BCUT2D eigenvalue weighted by Gasteiger charge is -2.36. The van der Waals surface area contributed by atoms with Gasteiger partial charge in [-0.2, -0.15) is 0 Å². The molecule has 10 aromatic rings. The molecule has 636 valence electrons. The van der Waals surface area contributed by atoms with Crippen LogP contribution in [0, 0.1) is 10.8 Å². The van der Waals surface area contributed by atoms with E-state index in [1.165, 1.54) is 9.80 Å². The molecule has 12 atom stereocenters. The minimum Gasteiger partial charge on any atom is -0.489 e. The molecule has 8 amide bonds. The minimum atomic E-state index is -1.48. The van der Waals surface area contributed by atoms with Crippen LogP contribution in [0.2, 0.25) is 0 Å². The number of aliphatic carboxylic acids is 2. The van der Waals surface area contributed by atoms with Crippen LogP contribution in [0.15, 0.2) is 194 Å². The molecule has 2 saturated heterocycles. The van der Waals surface area contributed by atoms with E-state index in [0.717, 1.165) is 32.7 Å². The van der Waals surface area contributed by atoms with Gasteiger partial charge in [-0.1, -0.05) is 210 Å². The fourth-order valence-electron chi connectivity index (χ4n) is 15.5. The van der Waals surface area contributed by atoms with Gasteiger partial charge in [-0.05, 0) is 118 Å². The third-order valence-corrected chi connectivity index (χ3v) is 23.0. The van der Waals surface area contributed by atoms with Crippen molar-refractivity contribution in [1.29, 1.82) is 0 Å².